The van der Waals surface area contributed by atoms with Gasteiger partial charge in [-0.2, -0.15) is 8.78 Å². The maximum atomic E-state index is 15.1. The first-order valence-corrected chi connectivity index (χ1v) is 13.7. The second kappa shape index (κ2) is 10.2. The predicted octanol–water partition coefficient (Wildman–Crippen LogP) is 3.26. The average Bonchev–Trinajstić information content (AvgIpc) is 3.19. The van der Waals surface area contributed by atoms with Gasteiger partial charge >= 0.3 is 13.6 Å². The van der Waals surface area contributed by atoms with Crippen LogP contribution in [0, 0.1) is 5.82 Å². The average molecular weight is 530 g/mol. The number of nitrogens with zero attached hydrogens (tertiary/aromatic N) is 2. The summed E-state index contributed by atoms with van der Waals surface area (Å²) in [4.78, 5) is 45.6. The number of benzene rings is 1. The molecule has 0 radical (unpaired) electrons. The summed E-state index contributed by atoms with van der Waals surface area (Å²) in [6.45, 7) is 1.30. The Hall–Kier alpha value is -2.40. The van der Waals surface area contributed by atoms with E-state index in [1.54, 1.807) is 4.57 Å². The van der Waals surface area contributed by atoms with Gasteiger partial charge in [-0.15, -0.1) is 0 Å². The van der Waals surface area contributed by atoms with Crippen LogP contribution in [0.5, 0.6) is 0 Å². The molecule has 36 heavy (non-hydrogen) atoms. The van der Waals surface area contributed by atoms with Gasteiger partial charge in [-0.25, -0.2) is 4.39 Å². The third-order valence-electron chi connectivity index (χ3n) is 6.79. The SMILES string of the molecule is CN1CCC(n2cc(C(=O)NC(F)(F)CP(=O)(O)O)c(=O)c3cc(F)c(NC4CCCCC4)cc32)C1. The van der Waals surface area contributed by atoms with E-state index in [1.807, 2.05) is 11.9 Å². The number of pyridine rings is 1. The third kappa shape index (κ3) is 6.11. The van der Waals surface area contributed by atoms with Gasteiger partial charge in [-0.1, -0.05) is 19.3 Å². The van der Waals surface area contributed by atoms with Crippen LogP contribution in [0.4, 0.5) is 18.9 Å². The fourth-order valence-electron chi connectivity index (χ4n) is 5.08. The van der Waals surface area contributed by atoms with Crippen molar-refractivity contribution in [2.75, 3.05) is 31.6 Å². The van der Waals surface area contributed by atoms with Crippen LogP contribution in [0.1, 0.15) is 54.9 Å². The first-order chi connectivity index (χ1) is 16.8. The number of likely N-dealkylation sites (N-methyl/N-ethyl adjacent to an activating group) is 1. The number of likely N-dealkylation sites (tertiary alicyclic amines) is 1. The van der Waals surface area contributed by atoms with Crippen molar-refractivity contribution in [3.8, 4) is 0 Å². The Morgan fingerprint density at radius 3 is 2.50 bits per heavy atom. The quantitative estimate of drug-likeness (QED) is 0.320. The Morgan fingerprint density at radius 2 is 1.89 bits per heavy atom. The number of hydrogen-bond donors (Lipinski definition) is 4. The van der Waals surface area contributed by atoms with Crippen LogP contribution in [-0.4, -0.2) is 63.5 Å². The van der Waals surface area contributed by atoms with E-state index in [-0.39, 0.29) is 23.2 Å². The summed E-state index contributed by atoms with van der Waals surface area (Å²) in [7, 11) is -3.26. The summed E-state index contributed by atoms with van der Waals surface area (Å²) in [5.74, 6) is -2.19. The molecule has 4 rings (SSSR count). The first-order valence-electron chi connectivity index (χ1n) is 11.9. The van der Waals surface area contributed by atoms with Gasteiger partial charge in [0, 0.05) is 30.2 Å². The Kier molecular flexibility index (Phi) is 7.52. The Morgan fingerprint density at radius 1 is 1.19 bits per heavy atom. The lowest BCUT2D eigenvalue weighted by atomic mass is 9.95. The summed E-state index contributed by atoms with van der Waals surface area (Å²) in [6, 6.07) is -1.81. The van der Waals surface area contributed by atoms with Crippen LogP contribution in [0.25, 0.3) is 10.9 Å². The van der Waals surface area contributed by atoms with E-state index in [4.69, 9.17) is 9.79 Å². The number of nitrogens with one attached hydrogen (secondary N) is 2. The second-order valence-corrected chi connectivity index (χ2v) is 11.4. The molecule has 0 bridgehead atoms. The van der Waals surface area contributed by atoms with Gasteiger partial charge in [-0.05, 0) is 45.0 Å². The molecular formula is C23H30F3N4O5P. The number of halogens is 3. The second-order valence-electron chi connectivity index (χ2n) is 9.79. The summed E-state index contributed by atoms with van der Waals surface area (Å²) in [5, 5.41) is 4.33. The molecule has 1 amide bonds. The number of carbonyl (C=O) groups is 1. The number of alkyl halides is 2. The molecule has 1 atom stereocenters. The summed E-state index contributed by atoms with van der Waals surface area (Å²) < 4.78 is 55.9. The molecule has 1 saturated carbocycles. The van der Waals surface area contributed by atoms with Crippen LogP contribution in [0.2, 0.25) is 0 Å². The van der Waals surface area contributed by atoms with E-state index in [9.17, 15) is 22.9 Å². The molecule has 1 aromatic heterocycles. The van der Waals surface area contributed by atoms with Crippen LogP contribution in [0.15, 0.2) is 23.1 Å². The summed E-state index contributed by atoms with van der Waals surface area (Å²) >= 11 is 0. The van der Waals surface area contributed by atoms with Crippen molar-refractivity contribution in [2.45, 2.75) is 56.7 Å². The van der Waals surface area contributed by atoms with Gasteiger partial charge in [0.15, 0.2) is 0 Å². The van der Waals surface area contributed by atoms with Crippen molar-refractivity contribution >= 4 is 30.1 Å². The van der Waals surface area contributed by atoms with E-state index in [0.717, 1.165) is 44.7 Å². The van der Waals surface area contributed by atoms with Gasteiger partial charge in [0.2, 0.25) is 5.43 Å². The van der Waals surface area contributed by atoms with Gasteiger partial charge in [0.05, 0.1) is 11.2 Å². The molecule has 2 aromatic rings. The fraction of sp³-hybridized carbons (Fsp3) is 0.565. The van der Waals surface area contributed by atoms with E-state index in [2.05, 4.69) is 5.32 Å². The number of carbonyl (C=O) groups excluding carboxylic acids is 1. The minimum Gasteiger partial charge on any atom is -0.380 e. The zero-order valence-corrected chi connectivity index (χ0v) is 20.7. The van der Waals surface area contributed by atoms with Crippen LogP contribution in [-0.2, 0) is 4.57 Å². The van der Waals surface area contributed by atoms with E-state index >= 15 is 4.39 Å². The topological polar surface area (TPSA) is 124 Å². The molecule has 1 unspecified atom stereocenters. The Bertz CT molecular complexity index is 1260. The van der Waals surface area contributed by atoms with Crippen molar-refractivity contribution in [1.82, 2.24) is 14.8 Å². The van der Waals surface area contributed by atoms with Gasteiger partial charge in [0.1, 0.15) is 17.5 Å². The molecule has 2 fully saturated rings. The lowest BCUT2D eigenvalue weighted by Gasteiger charge is -2.25. The smallest absolute Gasteiger partial charge is 0.337 e. The number of anilines is 1. The van der Waals surface area contributed by atoms with Crippen molar-refractivity contribution in [3.63, 3.8) is 0 Å². The van der Waals surface area contributed by atoms with E-state index < -0.39 is 42.5 Å². The monoisotopic (exact) mass is 530 g/mol. The largest absolute Gasteiger partial charge is 0.380 e. The Balaban J connectivity index is 1.77. The highest BCUT2D eigenvalue weighted by molar-refractivity contribution is 7.51. The number of amides is 1. The standard InChI is InChI=1S/C23H30F3N4O5P/c1-29-8-7-15(11-29)30-12-17(22(32)28-23(25,26)13-36(33,34)35)21(31)16-9-18(24)19(10-20(16)30)27-14-5-3-2-4-6-14/h9-10,12,14-15,27H,2-8,11,13H2,1H3,(H,28,32)(H2,33,34,35). The number of aromatic nitrogens is 1. The molecule has 0 spiro atoms. The van der Waals surface area contributed by atoms with Crippen LogP contribution >= 0.6 is 7.60 Å². The van der Waals surface area contributed by atoms with E-state index in [1.165, 1.54) is 17.6 Å². The molecule has 198 valence electrons. The zero-order chi connectivity index (χ0) is 26.3. The summed E-state index contributed by atoms with van der Waals surface area (Å²) in [6.07, 6.45) is 4.94. The molecule has 9 nitrogen and oxygen atoms in total. The van der Waals surface area contributed by atoms with Crippen LogP contribution in [0.3, 0.4) is 0 Å². The molecule has 2 heterocycles. The molecule has 2 aliphatic rings. The third-order valence-corrected chi connectivity index (χ3v) is 7.60. The van der Waals surface area contributed by atoms with Gasteiger partial charge in [-0.3, -0.25) is 19.5 Å². The summed E-state index contributed by atoms with van der Waals surface area (Å²) in [5.41, 5.74) is -0.993. The fourth-order valence-corrected chi connectivity index (χ4v) is 5.68. The van der Waals surface area contributed by atoms with Gasteiger partial charge < -0.3 is 24.6 Å². The maximum absolute atomic E-state index is 15.1. The lowest BCUT2D eigenvalue weighted by Crippen LogP contribution is -2.45. The molecule has 1 aliphatic heterocycles. The maximum Gasteiger partial charge on any atom is 0.337 e. The Labute approximate surface area is 205 Å². The first kappa shape index (κ1) is 26.7. The highest BCUT2D eigenvalue weighted by atomic mass is 31.2. The number of rotatable bonds is 7. The van der Waals surface area contributed by atoms with Crippen molar-refractivity contribution in [2.24, 2.45) is 0 Å². The number of fused-ring (bicyclic) bond motifs is 1. The minimum absolute atomic E-state index is 0.102. The normalized spacial score (nSPS) is 20.1. The number of hydrogen-bond acceptors (Lipinski definition) is 5. The van der Waals surface area contributed by atoms with Crippen molar-refractivity contribution in [1.29, 1.82) is 0 Å². The highest BCUT2D eigenvalue weighted by Gasteiger charge is 2.40. The highest BCUT2D eigenvalue weighted by Crippen LogP contribution is 2.39. The van der Waals surface area contributed by atoms with Crippen LogP contribution < -0.4 is 16.1 Å². The van der Waals surface area contributed by atoms with Crippen molar-refractivity contribution < 1.29 is 32.3 Å². The molecule has 13 heteroatoms. The van der Waals surface area contributed by atoms with E-state index in [0.29, 0.717) is 18.5 Å². The minimum atomic E-state index is -5.16. The van der Waals surface area contributed by atoms with Crippen molar-refractivity contribution in [3.05, 3.63) is 39.9 Å². The zero-order valence-electron chi connectivity index (χ0n) is 19.8. The molecule has 1 saturated heterocycles. The molecule has 1 aliphatic carbocycles. The predicted molar refractivity (Wildman–Crippen MR) is 129 cm³/mol. The molecule has 1 aromatic carbocycles. The lowest BCUT2D eigenvalue weighted by molar-refractivity contribution is -0.00957. The molecule has 4 N–H and O–H groups in total. The van der Waals surface area contributed by atoms with Gasteiger partial charge in [0.25, 0.3) is 5.91 Å². The molecular weight excluding hydrogens is 500 g/mol.